The molecule has 0 atom stereocenters. The number of benzene rings is 2. The van der Waals surface area contributed by atoms with Gasteiger partial charge in [-0.05, 0) is 30.3 Å². The summed E-state index contributed by atoms with van der Waals surface area (Å²) in [5.74, 6) is -2.50. The van der Waals surface area contributed by atoms with Crippen LogP contribution in [0.2, 0.25) is 0 Å². The van der Waals surface area contributed by atoms with Gasteiger partial charge in [0.25, 0.3) is 11.6 Å². The molecule has 14 nitrogen and oxygen atoms in total. The van der Waals surface area contributed by atoms with Crippen molar-refractivity contribution in [1.29, 1.82) is 0 Å². The summed E-state index contributed by atoms with van der Waals surface area (Å²) in [4.78, 5) is 51.8. The topological polar surface area (TPSA) is 203 Å². The molecule has 0 unspecified atom stereocenters. The second-order valence-electron chi connectivity index (χ2n) is 6.07. The summed E-state index contributed by atoms with van der Waals surface area (Å²) in [7, 11) is 0. The van der Waals surface area contributed by atoms with Crippen molar-refractivity contribution in [3.8, 4) is 0 Å². The highest BCUT2D eigenvalue weighted by atomic mass is 16.6. The van der Waals surface area contributed by atoms with Crippen LogP contribution in [0.4, 0.5) is 28.7 Å². The second kappa shape index (κ2) is 9.12. The summed E-state index contributed by atoms with van der Waals surface area (Å²) < 4.78 is 0. The van der Waals surface area contributed by atoms with Crippen molar-refractivity contribution in [2.24, 2.45) is 0 Å². The number of hydrogen-bond donors (Lipinski definition) is 4. The number of carbonyl (C=O) groups is 2. The number of anilines is 3. The lowest BCUT2D eigenvalue weighted by Crippen LogP contribution is -2.30. The second-order valence-corrected chi connectivity index (χ2v) is 6.07. The third kappa shape index (κ3) is 4.88. The van der Waals surface area contributed by atoms with E-state index in [-0.39, 0.29) is 28.5 Å². The molecule has 1 heterocycles. The molecule has 14 heteroatoms. The number of amides is 1. The van der Waals surface area contributed by atoms with Crippen LogP contribution in [0.25, 0.3) is 0 Å². The third-order valence-electron chi connectivity index (χ3n) is 4.01. The average molecular weight is 439 g/mol. The number of hydrazine groups is 1. The molecule has 1 aromatic heterocycles. The van der Waals surface area contributed by atoms with Gasteiger partial charge in [0.15, 0.2) is 0 Å². The van der Waals surface area contributed by atoms with Crippen molar-refractivity contribution < 1.29 is 24.5 Å². The van der Waals surface area contributed by atoms with Gasteiger partial charge in [0.1, 0.15) is 6.33 Å². The van der Waals surface area contributed by atoms with Gasteiger partial charge >= 0.3 is 11.7 Å². The minimum Gasteiger partial charge on any atom is -0.478 e. The first-order valence-corrected chi connectivity index (χ1v) is 8.67. The smallest absolute Gasteiger partial charge is 0.355 e. The molecule has 4 N–H and O–H groups in total. The zero-order valence-electron chi connectivity index (χ0n) is 15.9. The Hall–Kier alpha value is -5.14. The molecule has 0 radical (unpaired) electrons. The highest BCUT2D eigenvalue weighted by molar-refractivity contribution is 5.95. The van der Waals surface area contributed by atoms with Crippen molar-refractivity contribution >= 4 is 40.6 Å². The summed E-state index contributed by atoms with van der Waals surface area (Å²) in [6.07, 6.45) is 1.00. The Morgan fingerprint density at radius 3 is 2.22 bits per heavy atom. The lowest BCUT2D eigenvalue weighted by Gasteiger charge is -2.11. The van der Waals surface area contributed by atoms with Gasteiger partial charge in [-0.25, -0.2) is 14.8 Å². The van der Waals surface area contributed by atoms with Gasteiger partial charge in [0.2, 0.25) is 11.6 Å². The van der Waals surface area contributed by atoms with Crippen LogP contribution in [0.3, 0.4) is 0 Å². The van der Waals surface area contributed by atoms with Crippen LogP contribution < -0.4 is 16.2 Å². The van der Waals surface area contributed by atoms with E-state index in [1.165, 1.54) is 42.5 Å². The van der Waals surface area contributed by atoms with E-state index in [0.717, 1.165) is 12.4 Å². The van der Waals surface area contributed by atoms with E-state index >= 15 is 0 Å². The molecular formula is C18H13N7O7. The number of aromatic carboxylic acids is 1. The Labute approximate surface area is 178 Å². The molecule has 0 aliphatic rings. The number of carbonyl (C=O) groups excluding carboxylic acids is 1. The van der Waals surface area contributed by atoms with Crippen LogP contribution >= 0.6 is 0 Å². The highest BCUT2D eigenvalue weighted by Crippen LogP contribution is 2.30. The fourth-order valence-electron chi connectivity index (χ4n) is 2.52. The van der Waals surface area contributed by atoms with Crippen LogP contribution in [0.5, 0.6) is 0 Å². The Morgan fingerprint density at radius 2 is 1.59 bits per heavy atom. The van der Waals surface area contributed by atoms with Crippen molar-refractivity contribution in [1.82, 2.24) is 15.4 Å². The van der Waals surface area contributed by atoms with Crippen LogP contribution in [-0.2, 0) is 0 Å². The van der Waals surface area contributed by atoms with Gasteiger partial charge in [-0.2, -0.15) is 0 Å². The Bertz CT molecular complexity index is 1210. The zero-order chi connectivity index (χ0) is 23.3. The number of nitrogens with zero attached hydrogens (tertiary/aromatic N) is 4. The van der Waals surface area contributed by atoms with E-state index in [2.05, 4.69) is 26.1 Å². The maximum Gasteiger partial charge on any atom is 0.355 e. The number of carboxylic acid groups (broad SMARTS) is 1. The molecule has 0 aliphatic carbocycles. The molecule has 0 saturated heterocycles. The number of rotatable bonds is 8. The zero-order valence-corrected chi connectivity index (χ0v) is 15.9. The van der Waals surface area contributed by atoms with E-state index in [4.69, 9.17) is 5.11 Å². The minimum atomic E-state index is -1.13. The predicted octanol–water partition coefficient (Wildman–Crippen LogP) is 2.49. The number of non-ortho nitro benzene ring substituents is 1. The van der Waals surface area contributed by atoms with E-state index < -0.39 is 27.4 Å². The molecule has 32 heavy (non-hydrogen) atoms. The molecule has 0 aliphatic heterocycles. The summed E-state index contributed by atoms with van der Waals surface area (Å²) in [5, 5.41) is 34.1. The molecule has 0 bridgehead atoms. The van der Waals surface area contributed by atoms with Crippen LogP contribution in [-0.4, -0.2) is 36.8 Å². The van der Waals surface area contributed by atoms with Gasteiger partial charge in [0.05, 0.1) is 15.4 Å². The Kier molecular flexibility index (Phi) is 6.15. The molecule has 162 valence electrons. The number of nitrogens with one attached hydrogen (secondary N) is 3. The molecule has 3 rings (SSSR count). The number of aromatic nitrogens is 2. The number of carboxylic acids is 1. The van der Waals surface area contributed by atoms with Gasteiger partial charge in [-0.3, -0.25) is 35.9 Å². The van der Waals surface area contributed by atoms with Gasteiger partial charge in [-0.15, -0.1) is 0 Å². The van der Waals surface area contributed by atoms with Crippen molar-refractivity contribution in [2.45, 2.75) is 0 Å². The largest absolute Gasteiger partial charge is 0.478 e. The maximum absolute atomic E-state index is 12.3. The SMILES string of the molecule is O=C(O)c1ccc(Nc2ncnc(NNC(=O)c3cccc([N+](=O)[O-])c3)c2[N+](=O)[O-])cc1. The molecule has 0 spiro atoms. The normalized spacial score (nSPS) is 10.1. The fourth-order valence-corrected chi connectivity index (χ4v) is 2.52. The molecular weight excluding hydrogens is 426 g/mol. The quantitative estimate of drug-likeness (QED) is 0.296. The summed E-state index contributed by atoms with van der Waals surface area (Å²) >= 11 is 0. The molecule has 0 fully saturated rings. The summed E-state index contributed by atoms with van der Waals surface area (Å²) in [5.41, 5.74) is 3.89. The predicted molar refractivity (Wildman–Crippen MR) is 110 cm³/mol. The lowest BCUT2D eigenvalue weighted by molar-refractivity contribution is -0.384. The summed E-state index contributed by atoms with van der Waals surface area (Å²) in [6.45, 7) is 0. The molecule has 0 saturated carbocycles. The fraction of sp³-hybridized carbons (Fsp3) is 0. The number of hydrogen-bond acceptors (Lipinski definition) is 10. The van der Waals surface area contributed by atoms with E-state index in [0.29, 0.717) is 5.69 Å². The highest BCUT2D eigenvalue weighted by Gasteiger charge is 2.24. The average Bonchev–Trinajstić information content (AvgIpc) is 2.77. The third-order valence-corrected chi connectivity index (χ3v) is 4.01. The van der Waals surface area contributed by atoms with Crippen LogP contribution in [0.1, 0.15) is 20.7 Å². The first kappa shape index (κ1) is 21.6. The van der Waals surface area contributed by atoms with E-state index in [1.807, 2.05) is 0 Å². The van der Waals surface area contributed by atoms with Crippen LogP contribution in [0.15, 0.2) is 54.9 Å². The van der Waals surface area contributed by atoms with Crippen molar-refractivity contribution in [3.05, 3.63) is 86.2 Å². The van der Waals surface area contributed by atoms with Gasteiger partial charge < -0.3 is 10.4 Å². The van der Waals surface area contributed by atoms with Crippen molar-refractivity contribution in [2.75, 3.05) is 10.7 Å². The van der Waals surface area contributed by atoms with Gasteiger partial charge in [0, 0.05) is 23.4 Å². The standard InChI is InChI=1S/C18H13N7O7/c26-17(11-2-1-3-13(8-11)24(29)30)23-22-16-14(25(31)32)15(19-9-20-16)21-12-6-4-10(5-7-12)18(27)28/h1-9H,(H,23,26)(H,27,28)(H2,19,20,21,22). The molecule has 1 amide bonds. The Balaban J connectivity index is 1.81. The lowest BCUT2D eigenvalue weighted by atomic mass is 10.2. The molecule has 3 aromatic rings. The van der Waals surface area contributed by atoms with E-state index in [1.54, 1.807) is 0 Å². The summed E-state index contributed by atoms with van der Waals surface area (Å²) in [6, 6.07) is 10.3. The first-order valence-electron chi connectivity index (χ1n) is 8.67. The number of nitro benzene ring substituents is 1. The minimum absolute atomic E-state index is 0.0268. The monoisotopic (exact) mass is 439 g/mol. The Morgan fingerprint density at radius 1 is 0.906 bits per heavy atom. The maximum atomic E-state index is 12.3. The van der Waals surface area contributed by atoms with Crippen LogP contribution in [0, 0.1) is 20.2 Å². The molecule has 2 aromatic carbocycles. The number of nitro groups is 2. The first-order chi connectivity index (χ1) is 15.3. The van der Waals surface area contributed by atoms with E-state index in [9.17, 15) is 29.8 Å². The van der Waals surface area contributed by atoms with Crippen molar-refractivity contribution in [3.63, 3.8) is 0 Å². The van der Waals surface area contributed by atoms with Gasteiger partial charge in [-0.1, -0.05) is 6.07 Å².